The fourth-order valence-corrected chi connectivity index (χ4v) is 3.09. The molecule has 1 unspecified atom stereocenters. The lowest BCUT2D eigenvalue weighted by Gasteiger charge is -2.33. The van der Waals surface area contributed by atoms with Crippen LogP contribution in [-0.4, -0.2) is 62.4 Å². The van der Waals surface area contributed by atoms with E-state index in [1.807, 2.05) is 6.92 Å². The van der Waals surface area contributed by atoms with Gasteiger partial charge in [0.2, 0.25) is 0 Å². The molecule has 21 heavy (non-hydrogen) atoms. The first-order valence-corrected chi connectivity index (χ1v) is 8.03. The van der Waals surface area contributed by atoms with E-state index >= 15 is 0 Å². The lowest BCUT2D eigenvalue weighted by molar-refractivity contribution is -0.148. The van der Waals surface area contributed by atoms with E-state index in [9.17, 15) is 4.79 Å². The highest BCUT2D eigenvalue weighted by atomic mass is 16.5. The minimum atomic E-state index is -0.598. The van der Waals surface area contributed by atoms with Crippen LogP contribution in [0.1, 0.15) is 46.5 Å². The van der Waals surface area contributed by atoms with Gasteiger partial charge in [-0.25, -0.2) is 0 Å². The summed E-state index contributed by atoms with van der Waals surface area (Å²) in [6, 6.07) is 0.864. The van der Waals surface area contributed by atoms with Crippen molar-refractivity contribution in [1.29, 1.82) is 0 Å². The third-order valence-electron chi connectivity index (χ3n) is 4.24. The molecule has 0 radical (unpaired) electrons. The second-order valence-electron chi connectivity index (χ2n) is 6.55. The largest absolute Gasteiger partial charge is 0.468 e. The third-order valence-corrected chi connectivity index (χ3v) is 4.24. The summed E-state index contributed by atoms with van der Waals surface area (Å²) in [4.78, 5) is 14.4. The summed E-state index contributed by atoms with van der Waals surface area (Å²) in [6.07, 6.45) is 3.97. The normalized spacial score (nSPS) is 19.8. The zero-order valence-corrected chi connectivity index (χ0v) is 14.3. The van der Waals surface area contributed by atoms with E-state index in [2.05, 4.69) is 31.1 Å². The molecule has 124 valence electrons. The minimum Gasteiger partial charge on any atom is -0.468 e. The van der Waals surface area contributed by atoms with Crippen molar-refractivity contribution < 1.29 is 14.3 Å². The van der Waals surface area contributed by atoms with Crippen molar-refractivity contribution in [3.8, 4) is 0 Å². The first-order valence-electron chi connectivity index (χ1n) is 8.03. The van der Waals surface area contributed by atoms with E-state index in [0.717, 1.165) is 45.4 Å². The van der Waals surface area contributed by atoms with Crippen molar-refractivity contribution in [1.82, 2.24) is 10.2 Å². The van der Waals surface area contributed by atoms with Gasteiger partial charge < -0.3 is 14.4 Å². The first-order chi connectivity index (χ1) is 9.89. The highest BCUT2D eigenvalue weighted by Crippen LogP contribution is 2.18. The van der Waals surface area contributed by atoms with Crippen LogP contribution >= 0.6 is 0 Å². The van der Waals surface area contributed by atoms with Gasteiger partial charge >= 0.3 is 5.97 Å². The molecule has 5 heteroatoms. The summed E-state index contributed by atoms with van der Waals surface area (Å²) < 4.78 is 10.4. The van der Waals surface area contributed by atoms with Crippen LogP contribution in [0.15, 0.2) is 0 Å². The number of carbonyl (C=O) groups excluding carboxylic acids is 1. The van der Waals surface area contributed by atoms with Crippen molar-refractivity contribution in [2.45, 2.75) is 64.1 Å². The fourth-order valence-electron chi connectivity index (χ4n) is 3.09. The predicted molar refractivity (Wildman–Crippen MR) is 84.4 cm³/mol. The molecule has 0 saturated carbocycles. The summed E-state index contributed by atoms with van der Waals surface area (Å²) in [5.74, 6) is -0.176. The number of hydrogen-bond acceptors (Lipinski definition) is 5. The number of nitrogens with one attached hydrogen (secondary N) is 1. The quantitative estimate of drug-likeness (QED) is 0.693. The molecular weight excluding hydrogens is 268 g/mol. The fraction of sp³-hybridized carbons (Fsp3) is 0.938. The Morgan fingerprint density at radius 1 is 1.43 bits per heavy atom. The number of carbonyl (C=O) groups is 1. The van der Waals surface area contributed by atoms with Gasteiger partial charge in [-0.05, 0) is 60.0 Å². The van der Waals surface area contributed by atoms with Gasteiger partial charge in [0.25, 0.3) is 0 Å². The molecule has 0 spiro atoms. The van der Waals surface area contributed by atoms with Crippen LogP contribution < -0.4 is 5.32 Å². The summed E-state index contributed by atoms with van der Waals surface area (Å²) in [5, 5.41) is 3.35. The van der Waals surface area contributed by atoms with E-state index in [1.54, 1.807) is 0 Å². The molecule has 1 fully saturated rings. The molecule has 0 amide bonds. The van der Waals surface area contributed by atoms with Gasteiger partial charge in [0.1, 0.15) is 5.54 Å². The molecule has 0 bridgehead atoms. The van der Waals surface area contributed by atoms with Crippen LogP contribution in [0.2, 0.25) is 0 Å². The predicted octanol–water partition coefficient (Wildman–Crippen LogP) is 1.81. The van der Waals surface area contributed by atoms with Crippen LogP contribution in [-0.2, 0) is 14.3 Å². The van der Waals surface area contributed by atoms with E-state index in [4.69, 9.17) is 9.47 Å². The second-order valence-corrected chi connectivity index (χ2v) is 6.55. The Labute approximate surface area is 129 Å². The smallest absolute Gasteiger partial charge is 0.325 e. The Kier molecular flexibility index (Phi) is 7.63. The zero-order chi connectivity index (χ0) is 15.9. The molecule has 0 aromatic rings. The molecule has 1 rings (SSSR count). The molecule has 1 atom stereocenters. The average Bonchev–Trinajstić information content (AvgIpc) is 2.46. The van der Waals surface area contributed by atoms with Gasteiger partial charge in [-0.1, -0.05) is 0 Å². The van der Waals surface area contributed by atoms with Gasteiger partial charge in [-0.2, -0.15) is 0 Å². The zero-order valence-electron chi connectivity index (χ0n) is 14.3. The number of methoxy groups -OCH3 is 1. The topological polar surface area (TPSA) is 50.8 Å². The van der Waals surface area contributed by atoms with Crippen LogP contribution in [0.3, 0.4) is 0 Å². The molecule has 1 aliphatic rings. The molecule has 5 nitrogen and oxygen atoms in total. The Balaban J connectivity index is 2.43. The second kappa shape index (κ2) is 8.71. The van der Waals surface area contributed by atoms with Gasteiger partial charge in [-0.3, -0.25) is 10.1 Å². The first kappa shape index (κ1) is 18.4. The standard InChI is InChI=1S/C16H32N2O3/c1-13(2)17-16(3,15(19)20-5)9-6-10-18(4)14-7-11-21-12-8-14/h13-14,17H,6-12H2,1-5H3. The van der Waals surface area contributed by atoms with Crippen molar-refractivity contribution in [2.75, 3.05) is 33.9 Å². The molecule has 1 aliphatic heterocycles. The maximum atomic E-state index is 12.0. The van der Waals surface area contributed by atoms with E-state index in [0.29, 0.717) is 6.04 Å². The van der Waals surface area contributed by atoms with E-state index in [1.165, 1.54) is 7.11 Å². The number of esters is 1. The summed E-state index contributed by atoms with van der Waals surface area (Å²) >= 11 is 0. The number of nitrogens with zero attached hydrogens (tertiary/aromatic N) is 1. The van der Waals surface area contributed by atoms with Gasteiger partial charge in [0, 0.05) is 25.3 Å². The monoisotopic (exact) mass is 300 g/mol. The van der Waals surface area contributed by atoms with Crippen molar-refractivity contribution in [3.05, 3.63) is 0 Å². The summed E-state index contributed by atoms with van der Waals surface area (Å²) in [5.41, 5.74) is -0.598. The Hall–Kier alpha value is -0.650. The number of hydrogen-bond donors (Lipinski definition) is 1. The molecule has 0 aromatic heterocycles. The molecule has 1 heterocycles. The lowest BCUT2D eigenvalue weighted by Crippen LogP contribution is -2.53. The number of rotatable bonds is 8. The Bertz CT molecular complexity index is 317. The Morgan fingerprint density at radius 2 is 2.05 bits per heavy atom. The van der Waals surface area contributed by atoms with Gasteiger partial charge in [-0.15, -0.1) is 0 Å². The van der Waals surface area contributed by atoms with Crippen molar-refractivity contribution >= 4 is 5.97 Å². The van der Waals surface area contributed by atoms with E-state index < -0.39 is 5.54 Å². The number of ether oxygens (including phenoxy) is 2. The Morgan fingerprint density at radius 3 is 2.57 bits per heavy atom. The molecule has 0 aromatic carbocycles. The SMILES string of the molecule is COC(=O)C(C)(CCCN(C)C1CCOCC1)NC(C)C. The third kappa shape index (κ3) is 5.93. The highest BCUT2D eigenvalue weighted by molar-refractivity contribution is 5.80. The van der Waals surface area contributed by atoms with Gasteiger partial charge in [0.05, 0.1) is 7.11 Å². The summed E-state index contributed by atoms with van der Waals surface area (Å²) in [7, 11) is 3.62. The van der Waals surface area contributed by atoms with E-state index in [-0.39, 0.29) is 12.0 Å². The maximum Gasteiger partial charge on any atom is 0.325 e. The maximum absolute atomic E-state index is 12.0. The van der Waals surface area contributed by atoms with Crippen LogP contribution in [0.5, 0.6) is 0 Å². The van der Waals surface area contributed by atoms with Crippen molar-refractivity contribution in [3.63, 3.8) is 0 Å². The molecule has 0 aliphatic carbocycles. The average molecular weight is 300 g/mol. The van der Waals surface area contributed by atoms with Crippen molar-refractivity contribution in [2.24, 2.45) is 0 Å². The lowest BCUT2D eigenvalue weighted by atomic mass is 9.94. The van der Waals surface area contributed by atoms with Crippen LogP contribution in [0.4, 0.5) is 0 Å². The van der Waals surface area contributed by atoms with Crippen LogP contribution in [0, 0.1) is 0 Å². The van der Waals surface area contributed by atoms with Crippen LogP contribution in [0.25, 0.3) is 0 Å². The van der Waals surface area contributed by atoms with Gasteiger partial charge in [0.15, 0.2) is 0 Å². The minimum absolute atomic E-state index is 0.176. The molecule has 1 saturated heterocycles. The summed E-state index contributed by atoms with van der Waals surface area (Å²) in [6.45, 7) is 8.77. The highest BCUT2D eigenvalue weighted by Gasteiger charge is 2.34. The molecule has 1 N–H and O–H groups in total. The molecular formula is C16H32N2O3.